The first-order valence-electron chi connectivity index (χ1n) is 6.27. The fraction of sp³-hybridized carbons (Fsp3) is 0.500. The average Bonchev–Trinajstić information content (AvgIpc) is 2.35. The van der Waals surface area contributed by atoms with Gasteiger partial charge in [-0.15, -0.1) is 0 Å². The number of nitrogens with zero attached hydrogens (tertiary/aromatic N) is 3. The maximum Gasteiger partial charge on any atom is 0.414 e. The molecule has 1 amide bonds. The van der Waals surface area contributed by atoms with Crippen molar-refractivity contribution in [2.24, 2.45) is 0 Å². The van der Waals surface area contributed by atoms with Crippen molar-refractivity contribution < 1.29 is 9.53 Å². The third-order valence-corrected chi connectivity index (χ3v) is 2.85. The van der Waals surface area contributed by atoms with Crippen LogP contribution in [0.25, 0.3) is 0 Å². The quantitative estimate of drug-likeness (QED) is 0.718. The molecule has 0 aromatic carbocycles. The molecular weight excluding hydrogens is 242 g/mol. The third kappa shape index (κ3) is 2.84. The lowest BCUT2D eigenvalue weighted by atomic mass is 9.96. The van der Waals surface area contributed by atoms with Gasteiger partial charge in [-0.25, -0.2) is 4.79 Å². The van der Waals surface area contributed by atoms with E-state index in [-0.39, 0.29) is 5.92 Å². The minimum absolute atomic E-state index is 0.255. The summed E-state index contributed by atoms with van der Waals surface area (Å²) < 4.78 is 5.38. The van der Waals surface area contributed by atoms with Gasteiger partial charge in [0.15, 0.2) is 0 Å². The van der Waals surface area contributed by atoms with Crippen molar-refractivity contribution in [3.05, 3.63) is 24.0 Å². The Kier molecular flexibility index (Phi) is 3.43. The molecule has 1 aromatic heterocycles. The molecule has 5 nitrogen and oxygen atoms in total. The number of ether oxygens (including phenoxy) is 1. The van der Waals surface area contributed by atoms with E-state index >= 15 is 0 Å². The van der Waals surface area contributed by atoms with E-state index in [0.29, 0.717) is 24.3 Å². The Balaban J connectivity index is 2.30. The van der Waals surface area contributed by atoms with Crippen LogP contribution < -0.4 is 4.90 Å². The van der Waals surface area contributed by atoms with Crippen molar-refractivity contribution in [2.75, 3.05) is 11.4 Å². The zero-order valence-electron chi connectivity index (χ0n) is 11.4. The van der Waals surface area contributed by atoms with Crippen molar-refractivity contribution in [1.82, 2.24) is 4.98 Å². The topological polar surface area (TPSA) is 66.2 Å². The van der Waals surface area contributed by atoms with Crippen LogP contribution in [0.4, 0.5) is 10.5 Å². The van der Waals surface area contributed by atoms with Gasteiger partial charge in [-0.3, -0.25) is 9.88 Å². The molecule has 2 heterocycles. The number of aromatic nitrogens is 1. The lowest BCUT2D eigenvalue weighted by Gasteiger charge is -2.32. The van der Waals surface area contributed by atoms with E-state index < -0.39 is 11.7 Å². The SMILES string of the molecule is CC(C)(C)OC(=O)N1CCC(C#N)c2ncccc21. The Morgan fingerprint density at radius 1 is 1.58 bits per heavy atom. The van der Waals surface area contributed by atoms with Gasteiger partial charge in [-0.1, -0.05) is 0 Å². The second-order valence-corrected chi connectivity index (χ2v) is 5.51. The molecule has 2 rings (SSSR count). The van der Waals surface area contributed by atoms with E-state index in [2.05, 4.69) is 11.1 Å². The summed E-state index contributed by atoms with van der Waals surface area (Å²) in [5.41, 5.74) is 0.794. The molecule has 0 spiro atoms. The molecule has 100 valence electrons. The Morgan fingerprint density at radius 2 is 2.32 bits per heavy atom. The molecule has 1 atom stereocenters. The molecular formula is C14H17N3O2. The normalized spacial score (nSPS) is 18.4. The standard InChI is InChI=1S/C14H17N3O2/c1-14(2,3)19-13(18)17-8-6-10(9-15)12-11(17)5-4-7-16-12/h4-5,7,10H,6,8H2,1-3H3. The van der Waals surface area contributed by atoms with Crippen molar-refractivity contribution in [3.63, 3.8) is 0 Å². The summed E-state index contributed by atoms with van der Waals surface area (Å²) in [7, 11) is 0. The number of anilines is 1. The van der Waals surface area contributed by atoms with Gasteiger partial charge in [0.2, 0.25) is 0 Å². The summed E-state index contributed by atoms with van der Waals surface area (Å²) in [4.78, 5) is 18.0. The Hall–Kier alpha value is -2.09. The van der Waals surface area contributed by atoms with Crippen LogP contribution in [0.5, 0.6) is 0 Å². The smallest absolute Gasteiger partial charge is 0.414 e. The largest absolute Gasteiger partial charge is 0.443 e. The van der Waals surface area contributed by atoms with Crippen molar-refractivity contribution in [2.45, 2.75) is 38.7 Å². The van der Waals surface area contributed by atoms with Gasteiger partial charge in [0, 0.05) is 12.7 Å². The summed E-state index contributed by atoms with van der Waals surface area (Å²) in [6, 6.07) is 5.79. The van der Waals surface area contributed by atoms with Gasteiger partial charge in [-0.05, 0) is 39.3 Å². The minimum Gasteiger partial charge on any atom is -0.443 e. The van der Waals surface area contributed by atoms with Gasteiger partial charge in [0.05, 0.1) is 23.4 Å². The van der Waals surface area contributed by atoms with Crippen LogP contribution in [0.1, 0.15) is 38.8 Å². The number of carbonyl (C=O) groups excluding carboxylic acids is 1. The molecule has 0 aliphatic carbocycles. The van der Waals surface area contributed by atoms with Crippen LogP contribution in [0.15, 0.2) is 18.3 Å². The maximum absolute atomic E-state index is 12.2. The van der Waals surface area contributed by atoms with E-state index in [4.69, 9.17) is 10.00 Å². The van der Waals surface area contributed by atoms with Crippen molar-refractivity contribution in [1.29, 1.82) is 5.26 Å². The summed E-state index contributed by atoms with van der Waals surface area (Å²) in [6.45, 7) is 5.97. The van der Waals surface area contributed by atoms with Crippen LogP contribution in [0.2, 0.25) is 0 Å². The zero-order valence-corrected chi connectivity index (χ0v) is 11.4. The van der Waals surface area contributed by atoms with Crippen LogP contribution in [-0.4, -0.2) is 23.2 Å². The van der Waals surface area contributed by atoms with Crippen molar-refractivity contribution >= 4 is 11.8 Å². The first kappa shape index (κ1) is 13.3. The highest BCUT2D eigenvalue weighted by Gasteiger charge is 2.32. The van der Waals surface area contributed by atoms with Crippen molar-refractivity contribution in [3.8, 4) is 6.07 Å². The van der Waals surface area contributed by atoms with Crippen LogP contribution in [-0.2, 0) is 4.74 Å². The molecule has 0 bridgehead atoms. The van der Waals surface area contributed by atoms with Crippen LogP contribution in [0, 0.1) is 11.3 Å². The van der Waals surface area contributed by atoms with E-state index in [1.165, 1.54) is 0 Å². The molecule has 1 unspecified atom stereocenters. The molecule has 0 fully saturated rings. The number of rotatable bonds is 0. The molecule has 1 aromatic rings. The average molecular weight is 259 g/mol. The number of hydrogen-bond acceptors (Lipinski definition) is 4. The number of hydrogen-bond donors (Lipinski definition) is 0. The highest BCUT2D eigenvalue weighted by Crippen LogP contribution is 2.33. The van der Waals surface area contributed by atoms with Gasteiger partial charge in [0.1, 0.15) is 5.60 Å². The van der Waals surface area contributed by atoms with Gasteiger partial charge in [0.25, 0.3) is 0 Å². The fourth-order valence-electron chi connectivity index (χ4n) is 2.05. The summed E-state index contributed by atoms with van der Waals surface area (Å²) in [5, 5.41) is 9.12. The predicted octanol–water partition coefficient (Wildman–Crippen LogP) is 2.83. The van der Waals surface area contributed by atoms with E-state index in [1.807, 2.05) is 20.8 Å². The summed E-state index contributed by atoms with van der Waals surface area (Å²) in [5.74, 6) is -0.255. The molecule has 1 aliphatic rings. The van der Waals surface area contributed by atoms with Crippen LogP contribution in [0.3, 0.4) is 0 Å². The molecule has 0 radical (unpaired) electrons. The summed E-state index contributed by atoms with van der Waals surface area (Å²) in [6.07, 6.45) is 1.83. The first-order valence-corrected chi connectivity index (χ1v) is 6.27. The Labute approximate surface area is 112 Å². The molecule has 5 heteroatoms. The molecule has 0 saturated heterocycles. The summed E-state index contributed by atoms with van der Waals surface area (Å²) >= 11 is 0. The Bertz CT molecular complexity index is 528. The maximum atomic E-state index is 12.2. The number of carbonyl (C=O) groups is 1. The number of nitriles is 1. The molecule has 19 heavy (non-hydrogen) atoms. The lowest BCUT2D eigenvalue weighted by Crippen LogP contribution is -2.40. The second kappa shape index (κ2) is 4.88. The second-order valence-electron chi connectivity index (χ2n) is 5.51. The highest BCUT2D eigenvalue weighted by atomic mass is 16.6. The lowest BCUT2D eigenvalue weighted by molar-refractivity contribution is 0.0577. The molecule has 0 saturated carbocycles. The third-order valence-electron chi connectivity index (χ3n) is 2.85. The van der Waals surface area contributed by atoms with Crippen LogP contribution >= 0.6 is 0 Å². The van der Waals surface area contributed by atoms with Gasteiger partial charge in [-0.2, -0.15) is 5.26 Å². The fourth-order valence-corrected chi connectivity index (χ4v) is 2.05. The monoisotopic (exact) mass is 259 g/mol. The van der Waals surface area contributed by atoms with Gasteiger partial charge >= 0.3 is 6.09 Å². The minimum atomic E-state index is -0.536. The van der Waals surface area contributed by atoms with E-state index in [9.17, 15) is 4.79 Å². The number of pyridine rings is 1. The highest BCUT2D eigenvalue weighted by molar-refractivity contribution is 5.89. The van der Waals surface area contributed by atoms with E-state index in [1.54, 1.807) is 23.2 Å². The predicted molar refractivity (Wildman–Crippen MR) is 70.8 cm³/mol. The van der Waals surface area contributed by atoms with E-state index in [0.717, 1.165) is 0 Å². The Morgan fingerprint density at radius 3 is 2.95 bits per heavy atom. The molecule has 0 N–H and O–H groups in total. The first-order chi connectivity index (χ1) is 8.92. The zero-order chi connectivity index (χ0) is 14.0. The van der Waals surface area contributed by atoms with Gasteiger partial charge < -0.3 is 4.74 Å². The number of amides is 1. The number of fused-ring (bicyclic) bond motifs is 1. The molecule has 1 aliphatic heterocycles.